The maximum Gasteiger partial charge on any atom is 0.254 e. The lowest BCUT2D eigenvalue weighted by Gasteiger charge is -2.26. The molecule has 0 aliphatic carbocycles. The molecule has 0 atom stereocenters. The van der Waals surface area contributed by atoms with Gasteiger partial charge in [-0.25, -0.2) is 13.4 Å². The van der Waals surface area contributed by atoms with Crippen LogP contribution in [0.2, 0.25) is 0 Å². The summed E-state index contributed by atoms with van der Waals surface area (Å²) in [6.07, 6.45) is 4.76. The number of aliphatic hydroxyl groups is 1. The highest BCUT2D eigenvalue weighted by Crippen LogP contribution is 2.19. The minimum atomic E-state index is -3.56. The van der Waals surface area contributed by atoms with Gasteiger partial charge < -0.3 is 9.67 Å². The Balaban J connectivity index is 2.20. The van der Waals surface area contributed by atoms with Gasteiger partial charge >= 0.3 is 0 Å². The summed E-state index contributed by atoms with van der Waals surface area (Å²) >= 11 is 0. The Kier molecular flexibility index (Phi) is 4.85. The van der Waals surface area contributed by atoms with Crippen LogP contribution < -0.4 is 4.83 Å². The molecule has 1 aliphatic heterocycles. The number of nitrogens with zero attached hydrogens (tertiary/aromatic N) is 2. The van der Waals surface area contributed by atoms with E-state index in [1.165, 1.54) is 6.07 Å². The SMILES string of the molecule is CC(C)n1cc(S(=O)(=O)NN2CCCCC2)cc1CO. The van der Waals surface area contributed by atoms with E-state index in [1.807, 2.05) is 13.8 Å². The first-order valence-corrected chi connectivity index (χ1v) is 8.51. The molecule has 20 heavy (non-hydrogen) atoms. The van der Waals surface area contributed by atoms with Gasteiger partial charge in [-0.1, -0.05) is 6.42 Å². The number of nitrogens with one attached hydrogen (secondary N) is 1. The molecule has 1 aromatic rings. The molecule has 0 saturated carbocycles. The number of hydrazine groups is 1. The predicted molar refractivity (Wildman–Crippen MR) is 76.5 cm³/mol. The van der Waals surface area contributed by atoms with E-state index >= 15 is 0 Å². The third-order valence-corrected chi connectivity index (χ3v) is 4.88. The Morgan fingerprint density at radius 2 is 1.95 bits per heavy atom. The Hall–Kier alpha value is -0.890. The first-order chi connectivity index (χ1) is 9.44. The highest BCUT2D eigenvalue weighted by Gasteiger charge is 2.22. The van der Waals surface area contributed by atoms with Crippen molar-refractivity contribution >= 4 is 10.0 Å². The van der Waals surface area contributed by atoms with Crippen LogP contribution in [0.1, 0.15) is 44.8 Å². The van der Waals surface area contributed by atoms with Crippen LogP contribution in [-0.4, -0.2) is 36.2 Å². The van der Waals surface area contributed by atoms with Crippen molar-refractivity contribution in [3.05, 3.63) is 18.0 Å². The summed E-state index contributed by atoms with van der Waals surface area (Å²) in [5.74, 6) is 0. The summed E-state index contributed by atoms with van der Waals surface area (Å²) in [6, 6.07) is 1.64. The zero-order valence-electron chi connectivity index (χ0n) is 12.0. The molecule has 114 valence electrons. The van der Waals surface area contributed by atoms with Crippen LogP contribution in [-0.2, 0) is 16.6 Å². The van der Waals surface area contributed by atoms with Gasteiger partial charge in [0.1, 0.15) is 4.90 Å². The molecule has 0 unspecified atom stereocenters. The number of aliphatic hydroxyl groups excluding tert-OH is 1. The Morgan fingerprint density at radius 1 is 1.30 bits per heavy atom. The molecule has 0 bridgehead atoms. The van der Waals surface area contributed by atoms with Crippen molar-refractivity contribution in [1.82, 2.24) is 14.4 Å². The van der Waals surface area contributed by atoms with Crippen LogP contribution in [0.15, 0.2) is 17.2 Å². The Morgan fingerprint density at radius 3 is 2.45 bits per heavy atom. The largest absolute Gasteiger partial charge is 0.390 e. The van der Waals surface area contributed by atoms with Crippen LogP contribution >= 0.6 is 0 Å². The van der Waals surface area contributed by atoms with Gasteiger partial charge in [-0.05, 0) is 32.8 Å². The zero-order valence-corrected chi connectivity index (χ0v) is 12.9. The molecule has 0 aromatic carbocycles. The third-order valence-electron chi connectivity index (χ3n) is 3.54. The average Bonchev–Trinajstić information content (AvgIpc) is 2.84. The van der Waals surface area contributed by atoms with Gasteiger partial charge in [0.25, 0.3) is 10.0 Å². The van der Waals surface area contributed by atoms with Crippen molar-refractivity contribution in [2.75, 3.05) is 13.1 Å². The van der Waals surface area contributed by atoms with Gasteiger partial charge in [-0.3, -0.25) is 0 Å². The van der Waals surface area contributed by atoms with Crippen LogP contribution in [0.25, 0.3) is 0 Å². The van der Waals surface area contributed by atoms with Crippen molar-refractivity contribution in [2.45, 2.75) is 50.7 Å². The quantitative estimate of drug-likeness (QED) is 0.858. The molecule has 1 saturated heterocycles. The fraction of sp³-hybridized carbons (Fsp3) is 0.692. The molecule has 2 rings (SSSR count). The Labute approximate surface area is 120 Å². The molecule has 7 heteroatoms. The van der Waals surface area contributed by atoms with Crippen LogP contribution in [0.5, 0.6) is 0 Å². The normalized spacial score (nSPS) is 17.8. The summed E-state index contributed by atoms with van der Waals surface area (Å²) in [7, 11) is -3.56. The second kappa shape index (κ2) is 6.26. The summed E-state index contributed by atoms with van der Waals surface area (Å²) in [5.41, 5.74) is 0.610. The lowest BCUT2D eigenvalue weighted by molar-refractivity contribution is 0.200. The highest BCUT2D eigenvalue weighted by atomic mass is 32.2. The summed E-state index contributed by atoms with van der Waals surface area (Å²) in [6.45, 7) is 5.23. The van der Waals surface area contributed by atoms with Crippen LogP contribution in [0.4, 0.5) is 0 Å². The second-order valence-electron chi connectivity index (χ2n) is 5.47. The number of piperidine rings is 1. The van der Waals surface area contributed by atoms with E-state index in [9.17, 15) is 13.5 Å². The second-order valence-corrected chi connectivity index (χ2v) is 7.13. The molecular weight excluding hydrogens is 278 g/mol. The van der Waals surface area contributed by atoms with E-state index in [1.54, 1.807) is 15.8 Å². The van der Waals surface area contributed by atoms with E-state index in [0.29, 0.717) is 5.69 Å². The maximum absolute atomic E-state index is 12.4. The monoisotopic (exact) mass is 301 g/mol. The van der Waals surface area contributed by atoms with Gasteiger partial charge in [-0.15, -0.1) is 4.83 Å². The molecule has 1 fully saturated rings. The minimum absolute atomic E-state index is 0.107. The number of rotatable bonds is 5. The molecule has 1 aliphatic rings. The van der Waals surface area contributed by atoms with E-state index in [0.717, 1.165) is 32.4 Å². The van der Waals surface area contributed by atoms with Crippen molar-refractivity contribution in [1.29, 1.82) is 0 Å². The molecule has 0 spiro atoms. The number of hydrogen-bond donors (Lipinski definition) is 2. The summed E-state index contributed by atoms with van der Waals surface area (Å²) < 4.78 is 26.5. The topological polar surface area (TPSA) is 74.6 Å². The molecule has 1 aromatic heterocycles. The zero-order chi connectivity index (χ0) is 14.8. The van der Waals surface area contributed by atoms with Gasteiger partial charge in [-0.2, -0.15) is 0 Å². The van der Waals surface area contributed by atoms with Crippen molar-refractivity contribution in [2.24, 2.45) is 0 Å². The minimum Gasteiger partial charge on any atom is -0.390 e. The number of sulfonamides is 1. The Bertz CT molecular complexity index is 545. The van der Waals surface area contributed by atoms with Gasteiger partial charge in [0, 0.05) is 31.0 Å². The smallest absolute Gasteiger partial charge is 0.254 e. The molecule has 6 nitrogen and oxygen atoms in total. The van der Waals surface area contributed by atoms with Crippen LogP contribution in [0, 0.1) is 0 Å². The van der Waals surface area contributed by atoms with Crippen molar-refractivity contribution < 1.29 is 13.5 Å². The average molecular weight is 301 g/mol. The van der Waals surface area contributed by atoms with Crippen molar-refractivity contribution in [3.8, 4) is 0 Å². The fourth-order valence-electron chi connectivity index (χ4n) is 2.46. The molecular formula is C13H23N3O3S. The van der Waals surface area contributed by atoms with E-state index < -0.39 is 10.0 Å². The molecule has 0 amide bonds. The van der Waals surface area contributed by atoms with Gasteiger partial charge in [0.05, 0.1) is 6.61 Å². The van der Waals surface area contributed by atoms with E-state index in [4.69, 9.17) is 0 Å². The maximum atomic E-state index is 12.4. The number of hydrogen-bond acceptors (Lipinski definition) is 4. The first kappa shape index (κ1) is 15.5. The highest BCUT2D eigenvalue weighted by molar-refractivity contribution is 7.89. The lowest BCUT2D eigenvalue weighted by atomic mass is 10.2. The molecule has 2 N–H and O–H groups in total. The van der Waals surface area contributed by atoms with E-state index in [-0.39, 0.29) is 17.5 Å². The molecule has 2 heterocycles. The number of aromatic nitrogens is 1. The standard InChI is InChI=1S/C13H23N3O3S/c1-11(2)16-9-13(8-12(16)10-17)20(18,19)14-15-6-4-3-5-7-15/h8-9,11,14,17H,3-7,10H2,1-2H3. The van der Waals surface area contributed by atoms with E-state index in [2.05, 4.69) is 4.83 Å². The first-order valence-electron chi connectivity index (χ1n) is 7.03. The summed E-state index contributed by atoms with van der Waals surface area (Å²) in [4.78, 5) is 2.83. The lowest BCUT2D eigenvalue weighted by Crippen LogP contribution is -2.44. The fourth-order valence-corrected chi connectivity index (χ4v) is 3.63. The van der Waals surface area contributed by atoms with Gasteiger partial charge in [0.2, 0.25) is 0 Å². The molecule has 0 radical (unpaired) electrons. The van der Waals surface area contributed by atoms with Crippen molar-refractivity contribution in [3.63, 3.8) is 0 Å². The summed E-state index contributed by atoms with van der Waals surface area (Å²) in [5, 5.41) is 11.1. The third kappa shape index (κ3) is 3.41. The predicted octanol–water partition coefficient (Wildman–Crippen LogP) is 1.24. The van der Waals surface area contributed by atoms with Crippen LogP contribution in [0.3, 0.4) is 0 Å². The van der Waals surface area contributed by atoms with Gasteiger partial charge in [0.15, 0.2) is 0 Å².